The lowest BCUT2D eigenvalue weighted by Crippen LogP contribution is -2.37. The molecule has 0 unspecified atom stereocenters. The number of hydrogen-bond acceptors (Lipinski definition) is 2. The van der Waals surface area contributed by atoms with Gasteiger partial charge in [-0.05, 0) is 12.0 Å². The van der Waals surface area contributed by atoms with Gasteiger partial charge in [-0.15, -0.1) is 11.6 Å². The molecular formula is C13H17ClN2O. The summed E-state index contributed by atoms with van der Waals surface area (Å²) >= 11 is 5.47. The Kier molecular flexibility index (Phi) is 4.40. The standard InChI is InChI=1S/C13H17ClN2O/c14-8-13(17)15-12-6-7-16(10-12)9-11-4-2-1-3-5-11/h1-5,12H,6-10H2,(H,15,17)/t12-/m1/s1. The number of alkyl halides is 1. The van der Waals surface area contributed by atoms with E-state index >= 15 is 0 Å². The van der Waals surface area contributed by atoms with Crippen molar-refractivity contribution in [3.63, 3.8) is 0 Å². The van der Waals surface area contributed by atoms with E-state index in [4.69, 9.17) is 11.6 Å². The summed E-state index contributed by atoms with van der Waals surface area (Å²) < 4.78 is 0. The molecule has 1 heterocycles. The summed E-state index contributed by atoms with van der Waals surface area (Å²) in [6.45, 7) is 2.90. The number of nitrogens with zero attached hydrogens (tertiary/aromatic N) is 1. The lowest BCUT2D eigenvalue weighted by atomic mass is 10.2. The van der Waals surface area contributed by atoms with Gasteiger partial charge < -0.3 is 5.32 Å². The van der Waals surface area contributed by atoms with E-state index in [-0.39, 0.29) is 17.8 Å². The van der Waals surface area contributed by atoms with E-state index in [0.29, 0.717) is 0 Å². The van der Waals surface area contributed by atoms with Gasteiger partial charge in [0.25, 0.3) is 0 Å². The molecule has 0 radical (unpaired) electrons. The molecule has 92 valence electrons. The zero-order valence-electron chi connectivity index (χ0n) is 9.73. The first kappa shape index (κ1) is 12.4. The highest BCUT2D eigenvalue weighted by Crippen LogP contribution is 2.13. The number of hydrogen-bond donors (Lipinski definition) is 1. The van der Waals surface area contributed by atoms with Crippen molar-refractivity contribution in [2.24, 2.45) is 0 Å². The Bertz CT molecular complexity index is 369. The number of carbonyl (C=O) groups is 1. The van der Waals surface area contributed by atoms with Gasteiger partial charge in [0.1, 0.15) is 5.88 Å². The van der Waals surface area contributed by atoms with Crippen molar-refractivity contribution in [3.8, 4) is 0 Å². The van der Waals surface area contributed by atoms with Crippen molar-refractivity contribution in [2.75, 3.05) is 19.0 Å². The molecule has 1 saturated heterocycles. The van der Waals surface area contributed by atoms with E-state index in [2.05, 4.69) is 34.5 Å². The number of benzene rings is 1. The van der Waals surface area contributed by atoms with Crippen LogP contribution in [0.15, 0.2) is 30.3 Å². The van der Waals surface area contributed by atoms with E-state index in [1.807, 2.05) is 6.07 Å². The van der Waals surface area contributed by atoms with Crippen LogP contribution in [0.2, 0.25) is 0 Å². The van der Waals surface area contributed by atoms with Crippen LogP contribution in [0.4, 0.5) is 0 Å². The van der Waals surface area contributed by atoms with Crippen molar-refractivity contribution in [3.05, 3.63) is 35.9 Å². The predicted octanol–water partition coefficient (Wildman–Crippen LogP) is 1.62. The third-order valence-electron chi connectivity index (χ3n) is 3.01. The van der Waals surface area contributed by atoms with Gasteiger partial charge >= 0.3 is 0 Å². The fourth-order valence-corrected chi connectivity index (χ4v) is 2.28. The van der Waals surface area contributed by atoms with Crippen LogP contribution in [0.1, 0.15) is 12.0 Å². The number of halogens is 1. The molecule has 0 aromatic heterocycles. The van der Waals surface area contributed by atoms with Crippen LogP contribution in [0.5, 0.6) is 0 Å². The molecule has 1 N–H and O–H groups in total. The van der Waals surface area contributed by atoms with Crippen LogP contribution in [-0.2, 0) is 11.3 Å². The van der Waals surface area contributed by atoms with Gasteiger partial charge in [0, 0.05) is 25.7 Å². The van der Waals surface area contributed by atoms with Crippen LogP contribution in [0.3, 0.4) is 0 Å². The maximum atomic E-state index is 11.2. The van der Waals surface area contributed by atoms with Crippen molar-refractivity contribution < 1.29 is 4.79 Å². The number of nitrogens with one attached hydrogen (secondary N) is 1. The summed E-state index contributed by atoms with van der Waals surface area (Å²) in [5.74, 6) is -0.0203. The van der Waals surface area contributed by atoms with Crippen LogP contribution < -0.4 is 5.32 Å². The Labute approximate surface area is 107 Å². The summed E-state index contributed by atoms with van der Waals surface area (Å²) in [5, 5.41) is 2.93. The van der Waals surface area contributed by atoms with Gasteiger partial charge in [0.2, 0.25) is 5.91 Å². The second-order valence-corrected chi connectivity index (χ2v) is 4.67. The normalized spacial score (nSPS) is 20.4. The third-order valence-corrected chi connectivity index (χ3v) is 3.25. The highest BCUT2D eigenvalue weighted by atomic mass is 35.5. The molecule has 1 amide bonds. The Morgan fingerprint density at radius 1 is 1.41 bits per heavy atom. The molecule has 1 aromatic rings. The van der Waals surface area contributed by atoms with Gasteiger partial charge in [0.05, 0.1) is 0 Å². The quantitative estimate of drug-likeness (QED) is 0.826. The van der Waals surface area contributed by atoms with Gasteiger partial charge in [-0.1, -0.05) is 30.3 Å². The molecule has 17 heavy (non-hydrogen) atoms. The molecule has 2 rings (SSSR count). The van der Waals surface area contributed by atoms with E-state index in [1.165, 1.54) is 5.56 Å². The fourth-order valence-electron chi connectivity index (χ4n) is 2.20. The Balaban J connectivity index is 1.80. The van der Waals surface area contributed by atoms with Crippen LogP contribution in [-0.4, -0.2) is 35.8 Å². The molecule has 1 aliphatic rings. The molecule has 0 bridgehead atoms. The summed E-state index contributed by atoms with van der Waals surface area (Å²) in [7, 11) is 0. The number of amides is 1. The van der Waals surface area contributed by atoms with E-state index in [9.17, 15) is 4.79 Å². The van der Waals surface area contributed by atoms with Crippen molar-refractivity contribution >= 4 is 17.5 Å². The molecule has 3 nitrogen and oxygen atoms in total. The average Bonchev–Trinajstić information content (AvgIpc) is 2.77. The molecule has 0 spiro atoms. The molecule has 1 fully saturated rings. The molecule has 1 atom stereocenters. The highest BCUT2D eigenvalue weighted by molar-refractivity contribution is 6.27. The zero-order valence-corrected chi connectivity index (χ0v) is 10.5. The lowest BCUT2D eigenvalue weighted by Gasteiger charge is -2.16. The van der Waals surface area contributed by atoms with E-state index < -0.39 is 0 Å². The van der Waals surface area contributed by atoms with E-state index in [1.54, 1.807) is 0 Å². The Morgan fingerprint density at radius 2 is 2.18 bits per heavy atom. The topological polar surface area (TPSA) is 32.3 Å². The molecule has 1 aliphatic heterocycles. The minimum Gasteiger partial charge on any atom is -0.351 e. The molecule has 1 aromatic carbocycles. The minimum atomic E-state index is -0.0711. The summed E-state index contributed by atoms with van der Waals surface area (Å²) in [6.07, 6.45) is 1.01. The number of likely N-dealkylation sites (tertiary alicyclic amines) is 1. The highest BCUT2D eigenvalue weighted by Gasteiger charge is 2.23. The van der Waals surface area contributed by atoms with Gasteiger partial charge in [-0.3, -0.25) is 9.69 Å². The van der Waals surface area contributed by atoms with Gasteiger partial charge in [0.15, 0.2) is 0 Å². The molecule has 4 heteroatoms. The van der Waals surface area contributed by atoms with Crippen molar-refractivity contribution in [1.29, 1.82) is 0 Å². The summed E-state index contributed by atoms with van der Waals surface area (Å²) in [4.78, 5) is 13.5. The fraction of sp³-hybridized carbons (Fsp3) is 0.462. The first-order valence-corrected chi connectivity index (χ1v) is 6.43. The second kappa shape index (κ2) is 6.03. The number of carbonyl (C=O) groups excluding carboxylic acids is 1. The first-order chi connectivity index (χ1) is 8.28. The predicted molar refractivity (Wildman–Crippen MR) is 69.0 cm³/mol. The maximum absolute atomic E-state index is 11.2. The minimum absolute atomic E-state index is 0.0508. The second-order valence-electron chi connectivity index (χ2n) is 4.41. The van der Waals surface area contributed by atoms with Crippen molar-refractivity contribution in [2.45, 2.75) is 19.0 Å². The van der Waals surface area contributed by atoms with Crippen LogP contribution in [0, 0.1) is 0 Å². The van der Waals surface area contributed by atoms with Gasteiger partial charge in [-0.25, -0.2) is 0 Å². The van der Waals surface area contributed by atoms with Gasteiger partial charge in [-0.2, -0.15) is 0 Å². The monoisotopic (exact) mass is 252 g/mol. The Hall–Kier alpha value is -1.06. The zero-order chi connectivity index (χ0) is 12.1. The largest absolute Gasteiger partial charge is 0.351 e. The first-order valence-electron chi connectivity index (χ1n) is 5.89. The SMILES string of the molecule is O=C(CCl)N[C@@H]1CCN(Cc2ccccc2)C1. The smallest absolute Gasteiger partial charge is 0.235 e. The molecular weight excluding hydrogens is 236 g/mol. The molecule has 0 saturated carbocycles. The lowest BCUT2D eigenvalue weighted by molar-refractivity contribution is -0.119. The number of rotatable bonds is 4. The van der Waals surface area contributed by atoms with Crippen LogP contribution >= 0.6 is 11.6 Å². The third kappa shape index (κ3) is 3.72. The summed E-state index contributed by atoms with van der Waals surface area (Å²) in [6, 6.07) is 10.6. The average molecular weight is 253 g/mol. The van der Waals surface area contributed by atoms with E-state index in [0.717, 1.165) is 26.1 Å². The maximum Gasteiger partial charge on any atom is 0.235 e. The van der Waals surface area contributed by atoms with Crippen molar-refractivity contribution in [1.82, 2.24) is 10.2 Å². The molecule has 0 aliphatic carbocycles. The summed E-state index contributed by atoms with van der Waals surface area (Å²) in [5.41, 5.74) is 1.32. The Morgan fingerprint density at radius 3 is 2.88 bits per heavy atom. The van der Waals surface area contributed by atoms with Crippen LogP contribution in [0.25, 0.3) is 0 Å².